The van der Waals surface area contributed by atoms with Crippen LogP contribution in [0.2, 0.25) is 0 Å². The van der Waals surface area contributed by atoms with Crippen LogP contribution in [0.25, 0.3) is 0 Å². The highest BCUT2D eigenvalue weighted by atomic mass is 127. The van der Waals surface area contributed by atoms with Crippen LogP contribution < -0.4 is 5.73 Å². The number of nitrogens with zero attached hydrogens (tertiary/aromatic N) is 2. The molecule has 0 saturated heterocycles. The van der Waals surface area contributed by atoms with Crippen LogP contribution in [0.1, 0.15) is 17.7 Å². The van der Waals surface area contributed by atoms with Crippen molar-refractivity contribution in [1.29, 1.82) is 0 Å². The zero-order valence-electron chi connectivity index (χ0n) is 7.28. The Hall–Kier alpha value is -0.900. The van der Waals surface area contributed by atoms with E-state index in [4.69, 9.17) is 5.73 Å². The molecular weight excluding hydrogens is 323 g/mol. The molecule has 15 heavy (non-hydrogen) atoms. The van der Waals surface area contributed by atoms with Crippen molar-refractivity contribution in [3.05, 3.63) is 31.0 Å². The van der Waals surface area contributed by atoms with Crippen molar-refractivity contribution in [3.8, 4) is 0 Å². The summed E-state index contributed by atoms with van der Waals surface area (Å²) < 4.78 is 24.9. The first-order valence-corrected chi connectivity index (χ1v) is 4.87. The second-order valence-electron chi connectivity index (χ2n) is 2.61. The highest BCUT2D eigenvalue weighted by molar-refractivity contribution is 14.1. The average molecular weight is 329 g/mol. The van der Waals surface area contributed by atoms with Crippen LogP contribution in [0, 0.1) is 13.7 Å². The molecule has 0 fully saturated rings. The number of hydrogen-bond acceptors (Lipinski definition) is 4. The summed E-state index contributed by atoms with van der Waals surface area (Å²) in [5.41, 5.74) is 4.96. The molecule has 2 N–H and O–H groups in total. The first kappa shape index (κ1) is 12.2. The van der Waals surface area contributed by atoms with Crippen molar-refractivity contribution >= 4 is 28.4 Å². The van der Waals surface area contributed by atoms with Crippen LogP contribution in [0.3, 0.4) is 0 Å². The highest BCUT2D eigenvalue weighted by Gasteiger charge is 2.24. The normalized spacial score (nSPS) is 10.7. The first-order chi connectivity index (χ1) is 6.97. The van der Waals surface area contributed by atoms with E-state index >= 15 is 0 Å². The molecule has 1 aromatic rings. The molecule has 0 bridgehead atoms. The summed E-state index contributed by atoms with van der Waals surface area (Å²) in [6.45, 7) is -0.0403. The molecule has 0 atom stereocenters. The van der Waals surface area contributed by atoms with E-state index in [9.17, 15) is 18.9 Å². The van der Waals surface area contributed by atoms with Gasteiger partial charge in [0, 0.05) is 6.54 Å². The lowest BCUT2D eigenvalue weighted by atomic mass is 10.2. The standard InChI is InChI=1S/C7H6F2IN3O2/c8-6(9)4-1-3(2-11)5(10)7(12-4)13(14)15/h1,6H,2,11H2. The van der Waals surface area contributed by atoms with Crippen LogP contribution in [0.5, 0.6) is 0 Å². The minimum atomic E-state index is -2.84. The number of halogens is 3. The van der Waals surface area contributed by atoms with E-state index in [0.29, 0.717) is 5.56 Å². The maximum Gasteiger partial charge on any atom is 0.377 e. The molecule has 1 heterocycles. The van der Waals surface area contributed by atoms with Gasteiger partial charge in [-0.05, 0) is 44.1 Å². The smallest absolute Gasteiger partial charge is 0.358 e. The molecule has 0 aliphatic rings. The van der Waals surface area contributed by atoms with Crippen LogP contribution >= 0.6 is 22.6 Å². The fourth-order valence-corrected chi connectivity index (χ4v) is 1.66. The maximum absolute atomic E-state index is 12.3. The second-order valence-corrected chi connectivity index (χ2v) is 3.68. The van der Waals surface area contributed by atoms with Crippen molar-refractivity contribution in [1.82, 2.24) is 4.98 Å². The molecule has 1 aromatic heterocycles. The quantitative estimate of drug-likeness (QED) is 0.522. The van der Waals surface area contributed by atoms with Gasteiger partial charge < -0.3 is 15.8 Å². The number of nitro groups is 1. The molecule has 0 amide bonds. The van der Waals surface area contributed by atoms with Crippen molar-refractivity contribution in [3.63, 3.8) is 0 Å². The number of hydrogen-bond donors (Lipinski definition) is 1. The van der Waals surface area contributed by atoms with Gasteiger partial charge in [0.15, 0.2) is 0 Å². The lowest BCUT2D eigenvalue weighted by Gasteiger charge is -2.03. The Morgan fingerprint density at radius 1 is 1.67 bits per heavy atom. The van der Waals surface area contributed by atoms with Gasteiger partial charge in [-0.15, -0.1) is 0 Å². The number of aromatic nitrogens is 1. The van der Waals surface area contributed by atoms with E-state index in [1.54, 1.807) is 22.6 Å². The second kappa shape index (κ2) is 4.75. The Kier molecular flexibility index (Phi) is 3.85. The minimum Gasteiger partial charge on any atom is -0.358 e. The summed E-state index contributed by atoms with van der Waals surface area (Å²) in [5.74, 6) is -0.575. The third-order valence-corrected chi connectivity index (χ3v) is 2.83. The van der Waals surface area contributed by atoms with Gasteiger partial charge in [0.2, 0.25) is 5.69 Å². The van der Waals surface area contributed by atoms with E-state index in [2.05, 4.69) is 4.98 Å². The summed E-state index contributed by atoms with van der Waals surface area (Å²) in [5, 5.41) is 10.5. The molecule has 0 saturated carbocycles. The lowest BCUT2D eigenvalue weighted by molar-refractivity contribution is -0.390. The zero-order chi connectivity index (χ0) is 11.6. The third kappa shape index (κ3) is 2.56. The first-order valence-electron chi connectivity index (χ1n) is 3.79. The Labute approximate surface area is 97.0 Å². The molecule has 5 nitrogen and oxygen atoms in total. The van der Waals surface area contributed by atoms with Gasteiger partial charge in [0.25, 0.3) is 0 Å². The Bertz CT molecular complexity index is 400. The summed E-state index contributed by atoms with van der Waals surface area (Å²) in [6.07, 6.45) is -2.84. The Morgan fingerprint density at radius 2 is 2.27 bits per heavy atom. The predicted octanol–water partition coefficient (Wildman–Crippen LogP) is 1.99. The number of rotatable bonds is 3. The van der Waals surface area contributed by atoms with Crippen molar-refractivity contribution in [2.45, 2.75) is 13.0 Å². The Balaban J connectivity index is 3.38. The molecule has 0 aromatic carbocycles. The van der Waals surface area contributed by atoms with E-state index in [1.165, 1.54) is 0 Å². The largest absolute Gasteiger partial charge is 0.377 e. The molecule has 82 valence electrons. The van der Waals surface area contributed by atoms with Crippen molar-refractivity contribution < 1.29 is 13.7 Å². The van der Waals surface area contributed by atoms with Gasteiger partial charge in [-0.3, -0.25) is 0 Å². The topological polar surface area (TPSA) is 82.0 Å². The lowest BCUT2D eigenvalue weighted by Crippen LogP contribution is -2.07. The molecule has 0 unspecified atom stereocenters. The van der Waals surface area contributed by atoms with Crippen LogP contribution in [-0.2, 0) is 6.54 Å². The number of pyridine rings is 1. The highest BCUT2D eigenvalue weighted by Crippen LogP contribution is 2.27. The van der Waals surface area contributed by atoms with Gasteiger partial charge in [-0.1, -0.05) is 0 Å². The summed E-state index contributed by atoms with van der Waals surface area (Å²) in [4.78, 5) is 13.0. The Morgan fingerprint density at radius 3 is 2.67 bits per heavy atom. The molecule has 0 aliphatic carbocycles. The molecular formula is C7H6F2IN3O2. The summed E-state index contributed by atoms with van der Waals surface area (Å²) >= 11 is 1.67. The monoisotopic (exact) mass is 329 g/mol. The fourth-order valence-electron chi connectivity index (χ4n) is 0.970. The maximum atomic E-state index is 12.3. The van der Waals surface area contributed by atoms with E-state index in [1.807, 2.05) is 0 Å². The molecule has 8 heteroatoms. The van der Waals surface area contributed by atoms with Gasteiger partial charge in [-0.2, -0.15) is 0 Å². The van der Waals surface area contributed by atoms with Gasteiger partial charge >= 0.3 is 12.2 Å². The van der Waals surface area contributed by atoms with E-state index in [-0.39, 0.29) is 10.1 Å². The fraction of sp³-hybridized carbons (Fsp3) is 0.286. The SMILES string of the molecule is NCc1cc(C(F)F)nc([N+](=O)[O-])c1I. The van der Waals surface area contributed by atoms with Gasteiger partial charge in [0.05, 0.1) is 0 Å². The van der Waals surface area contributed by atoms with Crippen molar-refractivity contribution in [2.75, 3.05) is 0 Å². The van der Waals surface area contributed by atoms with Gasteiger partial charge in [-0.25, -0.2) is 8.78 Å². The minimum absolute atomic E-state index is 0.0403. The molecule has 1 rings (SSSR count). The molecule has 0 radical (unpaired) electrons. The third-order valence-electron chi connectivity index (χ3n) is 1.65. The van der Waals surface area contributed by atoms with Crippen LogP contribution in [0.15, 0.2) is 6.07 Å². The summed E-state index contributed by atoms with van der Waals surface area (Å²) in [7, 11) is 0. The summed E-state index contributed by atoms with van der Waals surface area (Å²) in [6, 6.07) is 1.08. The number of alkyl halides is 2. The van der Waals surface area contributed by atoms with Crippen LogP contribution in [0.4, 0.5) is 14.6 Å². The average Bonchev–Trinajstić information content (AvgIpc) is 2.17. The molecule has 0 aliphatic heterocycles. The number of nitrogens with two attached hydrogens (primary N) is 1. The molecule has 0 spiro atoms. The van der Waals surface area contributed by atoms with E-state index < -0.39 is 22.9 Å². The van der Waals surface area contributed by atoms with Gasteiger partial charge in [0.1, 0.15) is 3.57 Å². The zero-order valence-corrected chi connectivity index (χ0v) is 9.44. The van der Waals surface area contributed by atoms with Crippen LogP contribution in [-0.4, -0.2) is 9.91 Å². The van der Waals surface area contributed by atoms with Crippen molar-refractivity contribution in [2.24, 2.45) is 5.73 Å². The van der Waals surface area contributed by atoms with E-state index in [0.717, 1.165) is 6.07 Å². The predicted molar refractivity (Wildman–Crippen MR) is 56.5 cm³/mol.